The summed E-state index contributed by atoms with van der Waals surface area (Å²) in [6.45, 7) is 3.85. The highest BCUT2D eigenvalue weighted by Crippen LogP contribution is 2.31. The van der Waals surface area contributed by atoms with E-state index in [2.05, 4.69) is 0 Å². The minimum absolute atomic E-state index is 0.0808. The predicted octanol–water partition coefficient (Wildman–Crippen LogP) is 1.85. The third-order valence-corrected chi connectivity index (χ3v) is 2.73. The first-order chi connectivity index (χ1) is 8.09. The van der Waals surface area contributed by atoms with Crippen LogP contribution in [0.4, 0.5) is 0 Å². The van der Waals surface area contributed by atoms with Gasteiger partial charge in [-0.3, -0.25) is 0 Å². The highest BCUT2D eigenvalue weighted by molar-refractivity contribution is 6.30. The van der Waals surface area contributed by atoms with Gasteiger partial charge in [0.25, 0.3) is 0 Å². The van der Waals surface area contributed by atoms with E-state index >= 15 is 0 Å². The van der Waals surface area contributed by atoms with Gasteiger partial charge in [0.15, 0.2) is 6.10 Å². The molecule has 0 bridgehead atoms. The number of hydrogen-bond donors (Lipinski definition) is 0. The zero-order valence-corrected chi connectivity index (χ0v) is 9.75. The molecule has 4 heteroatoms. The molecule has 4 nitrogen and oxygen atoms in total. The lowest BCUT2D eigenvalue weighted by Crippen LogP contribution is -2.42. The van der Waals surface area contributed by atoms with Crippen molar-refractivity contribution >= 4 is 11.9 Å². The molecule has 1 fully saturated rings. The van der Waals surface area contributed by atoms with Crippen LogP contribution in [0.15, 0.2) is 30.3 Å². The van der Waals surface area contributed by atoms with Gasteiger partial charge in [-0.25, -0.2) is 9.59 Å². The lowest BCUT2D eigenvalue weighted by molar-refractivity contribution is -0.199. The van der Waals surface area contributed by atoms with Crippen molar-refractivity contribution in [2.45, 2.75) is 26.1 Å². The SMILES string of the molecule is CC(C)[C@H]1OC(=O)C(=O)O[C@@H]1c1ccccc1. The first kappa shape index (κ1) is 11.6. The van der Waals surface area contributed by atoms with Crippen molar-refractivity contribution in [3.05, 3.63) is 35.9 Å². The second-order valence-corrected chi connectivity index (χ2v) is 4.35. The smallest absolute Gasteiger partial charge is 0.418 e. The molecule has 2 rings (SSSR count). The van der Waals surface area contributed by atoms with Gasteiger partial charge in [-0.05, 0) is 11.5 Å². The van der Waals surface area contributed by atoms with Crippen molar-refractivity contribution in [3.63, 3.8) is 0 Å². The van der Waals surface area contributed by atoms with Gasteiger partial charge in [0, 0.05) is 0 Å². The summed E-state index contributed by atoms with van der Waals surface area (Å²) < 4.78 is 10.3. The van der Waals surface area contributed by atoms with E-state index < -0.39 is 24.1 Å². The molecule has 0 aromatic heterocycles. The van der Waals surface area contributed by atoms with Gasteiger partial charge < -0.3 is 9.47 Å². The van der Waals surface area contributed by atoms with E-state index in [1.54, 1.807) is 0 Å². The highest BCUT2D eigenvalue weighted by Gasteiger charge is 2.40. The topological polar surface area (TPSA) is 52.6 Å². The third-order valence-electron chi connectivity index (χ3n) is 2.73. The number of rotatable bonds is 2. The Bertz CT molecular complexity index is 424. The Morgan fingerprint density at radius 1 is 1.00 bits per heavy atom. The number of hydrogen-bond acceptors (Lipinski definition) is 4. The normalized spacial score (nSPS) is 24.4. The van der Waals surface area contributed by atoms with Crippen LogP contribution in [0.5, 0.6) is 0 Å². The second-order valence-electron chi connectivity index (χ2n) is 4.35. The molecule has 1 aromatic rings. The summed E-state index contributed by atoms with van der Waals surface area (Å²) in [4.78, 5) is 22.4. The molecule has 0 amide bonds. The molecule has 90 valence electrons. The van der Waals surface area contributed by atoms with Crippen molar-refractivity contribution in [3.8, 4) is 0 Å². The van der Waals surface area contributed by atoms with Gasteiger partial charge >= 0.3 is 11.9 Å². The van der Waals surface area contributed by atoms with Gasteiger partial charge in [0.1, 0.15) is 6.10 Å². The molecule has 0 saturated carbocycles. The number of carbonyl (C=O) groups excluding carboxylic acids is 2. The maximum absolute atomic E-state index is 11.2. The molecular formula is C13H14O4. The van der Waals surface area contributed by atoms with E-state index in [4.69, 9.17) is 9.47 Å². The van der Waals surface area contributed by atoms with Crippen molar-refractivity contribution in [2.24, 2.45) is 5.92 Å². The third kappa shape index (κ3) is 2.30. The summed E-state index contributed by atoms with van der Waals surface area (Å²) in [7, 11) is 0. The highest BCUT2D eigenvalue weighted by atomic mass is 16.6. The Morgan fingerprint density at radius 2 is 1.59 bits per heavy atom. The standard InChI is InChI=1S/C13H14O4/c1-8(2)10-11(9-6-4-3-5-7-9)17-13(15)12(14)16-10/h3-8,10-11H,1-2H3/t10-,11-/m1/s1. The van der Waals surface area contributed by atoms with Crippen LogP contribution < -0.4 is 0 Å². The number of esters is 2. The van der Waals surface area contributed by atoms with Crippen LogP contribution in [0.3, 0.4) is 0 Å². The summed E-state index contributed by atoms with van der Waals surface area (Å²) >= 11 is 0. The lowest BCUT2D eigenvalue weighted by atomic mass is 9.95. The Labute approximate surface area is 99.5 Å². The van der Waals surface area contributed by atoms with Crippen LogP contribution in [0, 0.1) is 5.92 Å². The average Bonchev–Trinajstić information content (AvgIpc) is 2.33. The summed E-state index contributed by atoms with van der Waals surface area (Å²) in [5, 5.41) is 0. The van der Waals surface area contributed by atoms with Crippen molar-refractivity contribution in [1.82, 2.24) is 0 Å². The van der Waals surface area contributed by atoms with Gasteiger partial charge in [0.2, 0.25) is 0 Å². The van der Waals surface area contributed by atoms with Gasteiger partial charge in [-0.2, -0.15) is 0 Å². The number of carbonyl (C=O) groups is 2. The summed E-state index contributed by atoms with van der Waals surface area (Å²) in [6, 6.07) is 9.30. The van der Waals surface area contributed by atoms with E-state index in [1.165, 1.54) is 0 Å². The first-order valence-electron chi connectivity index (χ1n) is 5.56. The van der Waals surface area contributed by atoms with E-state index in [0.717, 1.165) is 5.56 Å². The molecule has 0 unspecified atom stereocenters. The maximum Gasteiger partial charge on any atom is 0.418 e. The Morgan fingerprint density at radius 3 is 2.18 bits per heavy atom. The van der Waals surface area contributed by atoms with Gasteiger partial charge in [0.05, 0.1) is 0 Å². The molecule has 0 radical (unpaired) electrons. The molecule has 1 saturated heterocycles. The van der Waals surface area contributed by atoms with Crippen LogP contribution in [0.25, 0.3) is 0 Å². The van der Waals surface area contributed by atoms with Crippen LogP contribution >= 0.6 is 0 Å². The van der Waals surface area contributed by atoms with E-state index in [9.17, 15) is 9.59 Å². The van der Waals surface area contributed by atoms with E-state index in [-0.39, 0.29) is 5.92 Å². The molecule has 0 N–H and O–H groups in total. The Kier molecular flexibility index (Phi) is 3.13. The molecule has 1 aromatic carbocycles. The number of benzene rings is 1. The zero-order chi connectivity index (χ0) is 12.4. The van der Waals surface area contributed by atoms with Crippen molar-refractivity contribution in [1.29, 1.82) is 0 Å². The quantitative estimate of drug-likeness (QED) is 0.579. The fraction of sp³-hybridized carbons (Fsp3) is 0.385. The Balaban J connectivity index is 2.29. The van der Waals surface area contributed by atoms with Crippen LogP contribution in [-0.4, -0.2) is 18.0 Å². The lowest BCUT2D eigenvalue weighted by Gasteiger charge is -2.33. The molecular weight excluding hydrogens is 220 g/mol. The molecule has 2 atom stereocenters. The van der Waals surface area contributed by atoms with Crippen LogP contribution in [0.1, 0.15) is 25.5 Å². The molecule has 0 aliphatic carbocycles. The van der Waals surface area contributed by atoms with Crippen LogP contribution in [0.2, 0.25) is 0 Å². The molecule has 1 aliphatic rings. The molecule has 1 aliphatic heterocycles. The fourth-order valence-corrected chi connectivity index (χ4v) is 1.85. The average molecular weight is 234 g/mol. The number of cyclic esters (lactones) is 2. The summed E-state index contributed by atoms with van der Waals surface area (Å²) in [5.74, 6) is -1.75. The van der Waals surface area contributed by atoms with E-state index in [1.807, 2.05) is 44.2 Å². The van der Waals surface area contributed by atoms with Crippen molar-refractivity contribution < 1.29 is 19.1 Å². The Hall–Kier alpha value is -1.84. The summed E-state index contributed by atoms with van der Waals surface area (Å²) in [6.07, 6.45) is -0.941. The van der Waals surface area contributed by atoms with Crippen LogP contribution in [-0.2, 0) is 19.1 Å². The number of ether oxygens (including phenoxy) is 2. The predicted molar refractivity (Wildman–Crippen MR) is 60.0 cm³/mol. The summed E-state index contributed by atoms with van der Waals surface area (Å²) in [5.41, 5.74) is 0.840. The minimum Gasteiger partial charge on any atom is -0.449 e. The molecule has 1 heterocycles. The largest absolute Gasteiger partial charge is 0.449 e. The zero-order valence-electron chi connectivity index (χ0n) is 9.75. The molecule has 0 spiro atoms. The van der Waals surface area contributed by atoms with E-state index in [0.29, 0.717) is 0 Å². The van der Waals surface area contributed by atoms with Crippen molar-refractivity contribution in [2.75, 3.05) is 0 Å². The molecule has 17 heavy (non-hydrogen) atoms. The first-order valence-corrected chi connectivity index (χ1v) is 5.56. The maximum atomic E-state index is 11.2. The van der Waals surface area contributed by atoms with Gasteiger partial charge in [-0.1, -0.05) is 44.2 Å². The monoisotopic (exact) mass is 234 g/mol. The second kappa shape index (κ2) is 4.57. The fourth-order valence-electron chi connectivity index (χ4n) is 1.85. The minimum atomic E-state index is -0.921. The van der Waals surface area contributed by atoms with Gasteiger partial charge in [-0.15, -0.1) is 0 Å².